The third kappa shape index (κ3) is 5.73. The van der Waals surface area contributed by atoms with Gasteiger partial charge in [-0.1, -0.05) is 17.9 Å². The van der Waals surface area contributed by atoms with Gasteiger partial charge in [0.1, 0.15) is 17.8 Å². The highest BCUT2D eigenvalue weighted by Crippen LogP contribution is 2.28. The lowest BCUT2D eigenvalue weighted by Crippen LogP contribution is -2.11. The molecule has 0 saturated heterocycles. The minimum absolute atomic E-state index is 0.372. The van der Waals surface area contributed by atoms with Crippen molar-refractivity contribution >= 4 is 22.9 Å². The lowest BCUT2D eigenvalue weighted by molar-refractivity contribution is -0.108. The summed E-state index contributed by atoms with van der Waals surface area (Å²) in [6.07, 6.45) is 3.63. The van der Waals surface area contributed by atoms with E-state index in [1.807, 2.05) is 67.5 Å². The van der Waals surface area contributed by atoms with E-state index in [9.17, 15) is 4.79 Å². The zero-order valence-corrected chi connectivity index (χ0v) is 16.7. The lowest BCUT2D eigenvalue weighted by Gasteiger charge is -2.17. The Labute approximate surface area is 171 Å². The molecule has 3 aromatic rings. The Morgan fingerprint density at radius 2 is 1.97 bits per heavy atom. The third-order valence-corrected chi connectivity index (χ3v) is 4.24. The quantitative estimate of drug-likeness (QED) is 0.331. The van der Waals surface area contributed by atoms with Crippen LogP contribution < -0.4 is 14.4 Å². The molecule has 0 spiro atoms. The monoisotopic (exact) mass is 388 g/mol. The van der Waals surface area contributed by atoms with Gasteiger partial charge in [0.15, 0.2) is 0 Å². The number of fused-ring (bicyclic) bond motifs is 1. The van der Waals surface area contributed by atoms with Gasteiger partial charge in [0, 0.05) is 50.1 Å². The van der Waals surface area contributed by atoms with Crippen LogP contribution >= 0.6 is 0 Å². The molecule has 148 valence electrons. The maximum Gasteiger partial charge on any atom is 0.142 e. The molecule has 0 aliphatic heterocycles. The van der Waals surface area contributed by atoms with Gasteiger partial charge in [-0.2, -0.15) is 0 Å². The summed E-state index contributed by atoms with van der Waals surface area (Å²) >= 11 is 0. The molecule has 2 aromatic carbocycles. The number of carbonyl (C=O) groups is 1. The van der Waals surface area contributed by atoms with Crippen molar-refractivity contribution < 1.29 is 14.3 Å². The molecular weight excluding hydrogens is 364 g/mol. The minimum Gasteiger partial charge on any atom is -0.493 e. The Hall–Kier alpha value is -3.52. The van der Waals surface area contributed by atoms with E-state index in [1.54, 1.807) is 6.20 Å². The number of rotatable bonds is 8. The summed E-state index contributed by atoms with van der Waals surface area (Å²) in [5, 5.41) is 1.09. The van der Waals surface area contributed by atoms with Gasteiger partial charge in [0.2, 0.25) is 0 Å². The van der Waals surface area contributed by atoms with Crippen molar-refractivity contribution in [2.45, 2.75) is 12.8 Å². The average Bonchev–Trinajstić information content (AvgIpc) is 2.74. The first-order valence-corrected chi connectivity index (χ1v) is 9.51. The molecule has 0 bridgehead atoms. The first kappa shape index (κ1) is 20.2. The van der Waals surface area contributed by atoms with Gasteiger partial charge >= 0.3 is 0 Å². The second kappa shape index (κ2) is 10.1. The number of aldehydes is 1. The molecule has 0 N–H and O–H groups in total. The molecule has 5 heteroatoms. The maximum absolute atomic E-state index is 10.5. The van der Waals surface area contributed by atoms with Gasteiger partial charge in [-0.3, -0.25) is 4.98 Å². The van der Waals surface area contributed by atoms with Crippen molar-refractivity contribution in [3.05, 3.63) is 60.3 Å². The lowest BCUT2D eigenvalue weighted by atomic mass is 10.1. The molecule has 5 nitrogen and oxygen atoms in total. The zero-order valence-electron chi connectivity index (χ0n) is 16.7. The standard InChI is InChI=1S/C24H24N2O3/c1-26(2)23-17-19(9-12-24(23)29-16-6-14-27)7-3-4-15-28-21-11-10-20-8-5-13-25-22(20)18-21/h5,8-14,17-18H,4,6,15-16H2,1-2H3. The molecule has 0 atom stereocenters. The average molecular weight is 388 g/mol. The summed E-state index contributed by atoms with van der Waals surface area (Å²) < 4.78 is 11.5. The number of hydrogen-bond donors (Lipinski definition) is 0. The summed E-state index contributed by atoms with van der Waals surface area (Å²) in [6, 6.07) is 15.6. The number of pyridine rings is 1. The summed E-state index contributed by atoms with van der Waals surface area (Å²) in [7, 11) is 3.90. The highest BCUT2D eigenvalue weighted by Gasteiger charge is 2.06. The minimum atomic E-state index is 0.372. The number of carbonyl (C=O) groups excluding carboxylic acids is 1. The van der Waals surface area contributed by atoms with E-state index in [0.29, 0.717) is 26.1 Å². The van der Waals surface area contributed by atoms with Crippen LogP contribution in [0.5, 0.6) is 11.5 Å². The molecule has 29 heavy (non-hydrogen) atoms. The predicted molar refractivity (Wildman–Crippen MR) is 116 cm³/mol. The Bertz CT molecular complexity index is 1030. The van der Waals surface area contributed by atoms with Crippen molar-refractivity contribution in [2.24, 2.45) is 0 Å². The third-order valence-electron chi connectivity index (χ3n) is 4.24. The van der Waals surface area contributed by atoms with E-state index in [4.69, 9.17) is 9.47 Å². The maximum atomic E-state index is 10.5. The van der Waals surface area contributed by atoms with Crippen LogP contribution in [0.1, 0.15) is 18.4 Å². The Morgan fingerprint density at radius 1 is 1.07 bits per heavy atom. The molecule has 1 aromatic heterocycles. The fraction of sp³-hybridized carbons (Fsp3) is 0.250. The van der Waals surface area contributed by atoms with Gasteiger partial charge in [-0.15, -0.1) is 0 Å². The van der Waals surface area contributed by atoms with Crippen LogP contribution in [0.15, 0.2) is 54.7 Å². The van der Waals surface area contributed by atoms with Crippen molar-refractivity contribution in [3.63, 3.8) is 0 Å². The van der Waals surface area contributed by atoms with Crippen LogP contribution in [0.4, 0.5) is 5.69 Å². The van der Waals surface area contributed by atoms with Crippen LogP contribution in [0.2, 0.25) is 0 Å². The van der Waals surface area contributed by atoms with E-state index in [0.717, 1.165) is 39.9 Å². The van der Waals surface area contributed by atoms with Gasteiger partial charge in [0.05, 0.1) is 24.4 Å². The largest absolute Gasteiger partial charge is 0.493 e. The summed E-state index contributed by atoms with van der Waals surface area (Å²) in [5.41, 5.74) is 2.76. The predicted octanol–water partition coefficient (Wildman–Crippen LogP) is 4.09. The molecule has 0 aliphatic carbocycles. The molecule has 0 saturated carbocycles. The van der Waals surface area contributed by atoms with E-state index in [1.165, 1.54) is 0 Å². The van der Waals surface area contributed by atoms with Crippen molar-refractivity contribution in [1.82, 2.24) is 4.98 Å². The number of anilines is 1. The van der Waals surface area contributed by atoms with Gasteiger partial charge in [-0.05, 0) is 36.4 Å². The number of hydrogen-bond acceptors (Lipinski definition) is 5. The van der Waals surface area contributed by atoms with Gasteiger partial charge in [0.25, 0.3) is 0 Å². The first-order chi connectivity index (χ1) is 14.2. The normalized spacial score (nSPS) is 10.1. The van der Waals surface area contributed by atoms with E-state index in [-0.39, 0.29) is 0 Å². The molecular formula is C24H24N2O3. The SMILES string of the molecule is CN(C)c1cc(C#CCCOc2ccc3cccnc3c2)ccc1OCCC=O. The zero-order chi connectivity index (χ0) is 20.5. The smallest absolute Gasteiger partial charge is 0.142 e. The van der Waals surface area contributed by atoms with Crippen LogP contribution in [0.3, 0.4) is 0 Å². The van der Waals surface area contributed by atoms with Gasteiger partial charge < -0.3 is 19.2 Å². The Balaban J connectivity index is 1.57. The highest BCUT2D eigenvalue weighted by molar-refractivity contribution is 5.79. The van der Waals surface area contributed by atoms with Gasteiger partial charge in [-0.25, -0.2) is 0 Å². The van der Waals surface area contributed by atoms with E-state index >= 15 is 0 Å². The van der Waals surface area contributed by atoms with E-state index in [2.05, 4.69) is 16.8 Å². The fourth-order valence-electron chi connectivity index (χ4n) is 2.80. The van der Waals surface area contributed by atoms with Crippen molar-refractivity contribution in [3.8, 4) is 23.3 Å². The van der Waals surface area contributed by atoms with Crippen LogP contribution in [-0.2, 0) is 4.79 Å². The van der Waals surface area contributed by atoms with Crippen molar-refractivity contribution in [2.75, 3.05) is 32.2 Å². The van der Waals surface area contributed by atoms with Crippen LogP contribution in [0, 0.1) is 11.8 Å². The number of benzene rings is 2. The Kier molecular flexibility index (Phi) is 7.07. The molecule has 0 amide bonds. The number of aromatic nitrogens is 1. The van der Waals surface area contributed by atoms with Crippen LogP contribution in [0.25, 0.3) is 10.9 Å². The molecule has 0 aliphatic rings. The number of nitrogens with zero attached hydrogens (tertiary/aromatic N) is 2. The van der Waals surface area contributed by atoms with Crippen molar-refractivity contribution in [1.29, 1.82) is 0 Å². The molecule has 0 radical (unpaired) electrons. The fourth-order valence-corrected chi connectivity index (χ4v) is 2.80. The summed E-state index contributed by atoms with van der Waals surface area (Å²) in [4.78, 5) is 16.8. The Morgan fingerprint density at radius 3 is 2.79 bits per heavy atom. The first-order valence-electron chi connectivity index (χ1n) is 9.51. The van der Waals surface area contributed by atoms with Crippen LogP contribution in [-0.4, -0.2) is 38.6 Å². The second-order valence-electron chi connectivity index (χ2n) is 6.64. The summed E-state index contributed by atoms with van der Waals surface area (Å²) in [6.45, 7) is 0.885. The topological polar surface area (TPSA) is 51.7 Å². The second-order valence-corrected chi connectivity index (χ2v) is 6.64. The molecule has 1 heterocycles. The number of ether oxygens (including phenoxy) is 2. The van der Waals surface area contributed by atoms with E-state index < -0.39 is 0 Å². The molecule has 3 rings (SSSR count). The molecule has 0 unspecified atom stereocenters. The summed E-state index contributed by atoms with van der Waals surface area (Å²) in [5.74, 6) is 7.86. The highest BCUT2D eigenvalue weighted by atomic mass is 16.5. The molecule has 0 fully saturated rings.